The number of hydrogen-bond donors (Lipinski definition) is 3. The summed E-state index contributed by atoms with van der Waals surface area (Å²) in [6.45, 7) is 17.2. The van der Waals surface area contributed by atoms with Crippen LogP contribution >= 0.6 is 0 Å². The molecule has 0 aromatic heterocycles. The molecular formula is C29H52N2O3. The lowest BCUT2D eigenvalue weighted by Crippen LogP contribution is -2.54. The number of rotatable bonds is 10. The second-order valence-electron chi connectivity index (χ2n) is 10.7. The van der Waals surface area contributed by atoms with Gasteiger partial charge >= 0.3 is 5.97 Å². The molecular weight excluding hydrogens is 424 g/mol. The van der Waals surface area contributed by atoms with Crippen LogP contribution in [0.5, 0.6) is 0 Å². The van der Waals surface area contributed by atoms with E-state index in [1.54, 1.807) is 0 Å². The molecule has 0 aliphatic heterocycles. The maximum Gasteiger partial charge on any atom is 0.309 e. The molecule has 2 unspecified atom stereocenters. The number of aliphatic hydroxyl groups excluding tert-OH is 1. The second kappa shape index (κ2) is 14.2. The third-order valence-corrected chi connectivity index (χ3v) is 7.34. The van der Waals surface area contributed by atoms with Gasteiger partial charge in [0.25, 0.3) is 0 Å². The van der Waals surface area contributed by atoms with Crippen LogP contribution in [-0.4, -0.2) is 42.9 Å². The maximum atomic E-state index is 11.9. The van der Waals surface area contributed by atoms with E-state index < -0.39 is 6.10 Å². The van der Waals surface area contributed by atoms with E-state index in [1.807, 2.05) is 27.7 Å². The molecule has 5 heteroatoms. The molecule has 1 saturated carbocycles. The van der Waals surface area contributed by atoms with E-state index in [1.165, 1.54) is 37.5 Å². The molecule has 34 heavy (non-hydrogen) atoms. The smallest absolute Gasteiger partial charge is 0.309 e. The van der Waals surface area contributed by atoms with Crippen molar-refractivity contribution in [2.45, 2.75) is 123 Å². The van der Waals surface area contributed by atoms with Crippen molar-refractivity contribution in [2.75, 3.05) is 13.7 Å². The number of ether oxygens (including phenoxy) is 1. The molecule has 0 spiro atoms. The fourth-order valence-electron chi connectivity index (χ4n) is 4.82. The van der Waals surface area contributed by atoms with Crippen LogP contribution in [0.15, 0.2) is 24.3 Å². The number of hydrogen-bond acceptors (Lipinski definition) is 5. The third kappa shape index (κ3) is 8.35. The molecule has 1 fully saturated rings. The summed E-state index contributed by atoms with van der Waals surface area (Å²) in [5.74, 6) is -0.494. The van der Waals surface area contributed by atoms with Crippen molar-refractivity contribution in [3.63, 3.8) is 0 Å². The van der Waals surface area contributed by atoms with Gasteiger partial charge < -0.3 is 20.5 Å². The molecule has 196 valence electrons. The Hall–Kier alpha value is -1.43. The molecule has 5 nitrogen and oxygen atoms in total. The van der Waals surface area contributed by atoms with E-state index in [2.05, 4.69) is 62.6 Å². The monoisotopic (exact) mass is 476 g/mol. The Balaban J connectivity index is 0.00000281. The van der Waals surface area contributed by atoms with Gasteiger partial charge in [0.05, 0.1) is 19.1 Å². The van der Waals surface area contributed by atoms with Gasteiger partial charge in [-0.2, -0.15) is 0 Å². The Kier molecular flexibility index (Phi) is 12.8. The highest BCUT2D eigenvalue weighted by Crippen LogP contribution is 2.38. The van der Waals surface area contributed by atoms with E-state index in [0.29, 0.717) is 6.54 Å². The lowest BCUT2D eigenvalue weighted by atomic mass is 9.74. The summed E-state index contributed by atoms with van der Waals surface area (Å²) in [5, 5.41) is 18.3. The van der Waals surface area contributed by atoms with Crippen LogP contribution in [0, 0.1) is 5.92 Å². The quantitative estimate of drug-likeness (QED) is 0.379. The van der Waals surface area contributed by atoms with E-state index in [-0.39, 0.29) is 34.9 Å². The zero-order chi connectivity index (χ0) is 25.9. The molecule has 0 amide bonds. The standard InChI is InChI=1S/C27H46N2O3.C2H6/c1-8-23(29-20(3)19(2)25(31)32-7)24(30)18-28-27(15-10-9-11-16-27)22-14-12-13-21(17-22)26(4,5)6;1-2/h12-14,17,19-20,23-24,28-30H,8-11,15-16,18H2,1-7H3;1-2H3/t19?,20?,23-,24+;/m0./s1. The van der Waals surface area contributed by atoms with Crippen molar-refractivity contribution >= 4 is 5.97 Å². The summed E-state index contributed by atoms with van der Waals surface area (Å²) in [6, 6.07) is 8.84. The van der Waals surface area contributed by atoms with E-state index in [9.17, 15) is 9.90 Å². The first-order valence-corrected chi connectivity index (χ1v) is 13.4. The van der Waals surface area contributed by atoms with Crippen LogP contribution in [0.4, 0.5) is 0 Å². The lowest BCUT2D eigenvalue weighted by Gasteiger charge is -2.41. The van der Waals surface area contributed by atoms with Crippen LogP contribution in [0.25, 0.3) is 0 Å². The first-order valence-electron chi connectivity index (χ1n) is 13.4. The minimum Gasteiger partial charge on any atom is -0.469 e. The van der Waals surface area contributed by atoms with Gasteiger partial charge in [-0.3, -0.25) is 4.79 Å². The summed E-state index contributed by atoms with van der Waals surface area (Å²) in [6.07, 6.45) is 6.09. The van der Waals surface area contributed by atoms with Crippen LogP contribution in [0.2, 0.25) is 0 Å². The first-order chi connectivity index (χ1) is 16.0. The van der Waals surface area contributed by atoms with Crippen molar-refractivity contribution < 1.29 is 14.6 Å². The predicted octanol–water partition coefficient (Wildman–Crippen LogP) is 5.69. The predicted molar refractivity (Wildman–Crippen MR) is 143 cm³/mol. The molecule has 4 atom stereocenters. The van der Waals surface area contributed by atoms with Crippen molar-refractivity contribution in [1.82, 2.24) is 10.6 Å². The number of carbonyl (C=O) groups excluding carboxylic acids is 1. The number of carbonyl (C=O) groups is 1. The molecule has 1 aromatic rings. The highest BCUT2D eigenvalue weighted by Gasteiger charge is 2.35. The Morgan fingerprint density at radius 1 is 1.15 bits per heavy atom. The van der Waals surface area contributed by atoms with E-state index in [0.717, 1.165) is 19.3 Å². The number of esters is 1. The van der Waals surface area contributed by atoms with Gasteiger partial charge in [0.2, 0.25) is 0 Å². The van der Waals surface area contributed by atoms with Crippen LogP contribution in [0.3, 0.4) is 0 Å². The van der Waals surface area contributed by atoms with Gasteiger partial charge in [-0.1, -0.05) is 92.0 Å². The minimum atomic E-state index is -0.545. The maximum absolute atomic E-state index is 11.9. The van der Waals surface area contributed by atoms with Crippen molar-refractivity contribution in [3.05, 3.63) is 35.4 Å². The van der Waals surface area contributed by atoms with Gasteiger partial charge in [0.15, 0.2) is 0 Å². The number of benzene rings is 1. The Labute approximate surface area is 209 Å². The lowest BCUT2D eigenvalue weighted by molar-refractivity contribution is -0.145. The summed E-state index contributed by atoms with van der Waals surface area (Å²) in [4.78, 5) is 11.9. The summed E-state index contributed by atoms with van der Waals surface area (Å²) in [7, 11) is 1.42. The average molecular weight is 477 g/mol. The fourth-order valence-corrected chi connectivity index (χ4v) is 4.82. The Morgan fingerprint density at radius 2 is 1.76 bits per heavy atom. The summed E-state index contributed by atoms with van der Waals surface area (Å²) < 4.78 is 4.88. The summed E-state index contributed by atoms with van der Waals surface area (Å²) >= 11 is 0. The largest absolute Gasteiger partial charge is 0.469 e. The van der Waals surface area contributed by atoms with Gasteiger partial charge in [-0.15, -0.1) is 0 Å². The Morgan fingerprint density at radius 3 is 2.29 bits per heavy atom. The van der Waals surface area contributed by atoms with Crippen LogP contribution < -0.4 is 10.6 Å². The Bertz CT molecular complexity index is 722. The number of aliphatic hydroxyl groups is 1. The molecule has 0 heterocycles. The number of methoxy groups -OCH3 is 1. The topological polar surface area (TPSA) is 70.6 Å². The molecule has 0 saturated heterocycles. The highest BCUT2D eigenvalue weighted by atomic mass is 16.5. The van der Waals surface area contributed by atoms with Crippen molar-refractivity contribution in [1.29, 1.82) is 0 Å². The molecule has 2 rings (SSSR count). The van der Waals surface area contributed by atoms with E-state index in [4.69, 9.17) is 4.74 Å². The molecule has 3 N–H and O–H groups in total. The van der Waals surface area contributed by atoms with Crippen LogP contribution in [0.1, 0.15) is 105 Å². The molecule has 0 bridgehead atoms. The van der Waals surface area contributed by atoms with Crippen molar-refractivity contribution in [3.8, 4) is 0 Å². The zero-order valence-electron chi connectivity index (χ0n) is 23.3. The van der Waals surface area contributed by atoms with Gasteiger partial charge in [0, 0.05) is 24.2 Å². The fraction of sp³-hybridized carbons (Fsp3) is 0.759. The van der Waals surface area contributed by atoms with Gasteiger partial charge in [-0.05, 0) is 42.7 Å². The van der Waals surface area contributed by atoms with E-state index >= 15 is 0 Å². The first kappa shape index (κ1) is 30.6. The average Bonchev–Trinajstić information content (AvgIpc) is 2.86. The molecule has 1 aliphatic rings. The second-order valence-corrected chi connectivity index (χ2v) is 10.7. The summed E-state index contributed by atoms with van der Waals surface area (Å²) in [5.41, 5.74) is 2.70. The third-order valence-electron chi connectivity index (χ3n) is 7.34. The van der Waals surface area contributed by atoms with Crippen LogP contribution in [-0.2, 0) is 20.5 Å². The molecule has 1 aliphatic carbocycles. The number of nitrogens with one attached hydrogen (secondary N) is 2. The van der Waals surface area contributed by atoms with Gasteiger partial charge in [-0.25, -0.2) is 0 Å². The SMILES string of the molecule is CC.CC[C@H](NC(C)C(C)C(=O)OC)[C@H](O)CNC1(c2cccc(C(C)(C)C)c2)CCCCC1. The zero-order valence-corrected chi connectivity index (χ0v) is 23.3. The molecule has 1 aromatic carbocycles. The van der Waals surface area contributed by atoms with Gasteiger partial charge in [0.1, 0.15) is 0 Å². The molecule has 0 radical (unpaired) electrons. The normalized spacial score (nSPS) is 19.2. The minimum absolute atomic E-state index is 0.0749. The van der Waals surface area contributed by atoms with Crippen molar-refractivity contribution in [2.24, 2.45) is 5.92 Å². The highest BCUT2D eigenvalue weighted by molar-refractivity contribution is 5.72.